The van der Waals surface area contributed by atoms with Gasteiger partial charge in [-0.15, -0.1) is 10.2 Å². The molecule has 0 aliphatic rings. The number of hydrogen-bond acceptors (Lipinski definition) is 6. The van der Waals surface area contributed by atoms with E-state index in [9.17, 15) is 4.79 Å². The largest absolute Gasteiger partial charge is 0.360 e. The van der Waals surface area contributed by atoms with Crippen LogP contribution in [0.15, 0.2) is 34.7 Å². The molecule has 2 rings (SSSR count). The first-order valence-corrected chi connectivity index (χ1v) is 9.02. The van der Waals surface area contributed by atoms with E-state index >= 15 is 0 Å². The van der Waals surface area contributed by atoms with Crippen LogP contribution in [0.3, 0.4) is 0 Å². The first-order valence-electron chi connectivity index (χ1n) is 7.22. The minimum atomic E-state index is 0.0480. The van der Waals surface area contributed by atoms with E-state index in [4.69, 9.17) is 0 Å². The Hall–Kier alpha value is -1.60. The fourth-order valence-corrected chi connectivity index (χ4v) is 3.42. The minimum absolute atomic E-state index is 0.0480. The van der Waals surface area contributed by atoms with Crippen molar-refractivity contribution in [1.82, 2.24) is 10.2 Å². The molecule has 1 amide bonds. The summed E-state index contributed by atoms with van der Waals surface area (Å²) in [6.45, 7) is 3.06. The highest BCUT2D eigenvalue weighted by Gasteiger charge is 2.13. The van der Waals surface area contributed by atoms with Crippen LogP contribution >= 0.6 is 23.1 Å². The lowest BCUT2D eigenvalue weighted by Crippen LogP contribution is -2.27. The van der Waals surface area contributed by atoms with Crippen molar-refractivity contribution >= 4 is 39.8 Å². The number of para-hydroxylation sites is 1. The van der Waals surface area contributed by atoms with Crippen molar-refractivity contribution in [1.29, 1.82) is 0 Å². The van der Waals surface area contributed by atoms with E-state index < -0.39 is 0 Å². The zero-order valence-electron chi connectivity index (χ0n) is 12.8. The first kappa shape index (κ1) is 16.8. The zero-order chi connectivity index (χ0) is 15.8. The molecule has 0 spiro atoms. The van der Waals surface area contributed by atoms with Crippen LogP contribution in [-0.2, 0) is 4.79 Å². The molecule has 0 atom stereocenters. The lowest BCUT2D eigenvalue weighted by molar-refractivity contribution is -0.115. The van der Waals surface area contributed by atoms with Gasteiger partial charge in [0, 0.05) is 19.3 Å². The van der Waals surface area contributed by atoms with Crippen molar-refractivity contribution in [2.75, 3.05) is 29.6 Å². The summed E-state index contributed by atoms with van der Waals surface area (Å²) in [5, 5.41) is 12.2. The molecule has 0 saturated heterocycles. The van der Waals surface area contributed by atoms with Crippen LogP contribution in [-0.4, -0.2) is 35.4 Å². The average molecular weight is 336 g/mol. The molecule has 2 aromatic rings. The second-order valence-electron chi connectivity index (χ2n) is 4.73. The predicted octanol–water partition coefficient (Wildman–Crippen LogP) is 3.51. The summed E-state index contributed by atoms with van der Waals surface area (Å²) >= 11 is 2.92. The molecule has 7 heteroatoms. The van der Waals surface area contributed by atoms with Gasteiger partial charge in [-0.1, -0.05) is 54.6 Å². The van der Waals surface area contributed by atoms with Crippen molar-refractivity contribution in [2.45, 2.75) is 24.1 Å². The van der Waals surface area contributed by atoms with Gasteiger partial charge < -0.3 is 10.2 Å². The fraction of sp³-hybridized carbons (Fsp3) is 0.400. The van der Waals surface area contributed by atoms with Crippen LogP contribution in [0.2, 0.25) is 0 Å². The number of carbonyl (C=O) groups excluding carboxylic acids is 1. The Bertz CT molecular complexity index is 588. The number of hydrogen-bond donors (Lipinski definition) is 1. The van der Waals surface area contributed by atoms with Gasteiger partial charge in [-0.25, -0.2) is 0 Å². The number of nitrogens with zero attached hydrogens (tertiary/aromatic N) is 3. The lowest BCUT2D eigenvalue weighted by Gasteiger charge is -2.16. The Morgan fingerprint density at radius 3 is 2.82 bits per heavy atom. The molecule has 0 saturated carbocycles. The van der Waals surface area contributed by atoms with E-state index in [2.05, 4.69) is 22.4 Å². The summed E-state index contributed by atoms with van der Waals surface area (Å²) in [6.07, 6.45) is 2.26. The summed E-state index contributed by atoms with van der Waals surface area (Å²) in [6, 6.07) is 9.62. The first-order chi connectivity index (χ1) is 10.7. The van der Waals surface area contributed by atoms with Crippen molar-refractivity contribution in [2.24, 2.45) is 0 Å². The molecule has 118 valence electrons. The quantitative estimate of drug-likeness (QED) is 0.590. The number of rotatable bonds is 8. The summed E-state index contributed by atoms with van der Waals surface area (Å²) in [5.41, 5.74) is 0.896. The number of aromatic nitrogens is 2. The normalized spacial score (nSPS) is 10.5. The molecule has 0 radical (unpaired) electrons. The minimum Gasteiger partial charge on any atom is -0.360 e. The van der Waals surface area contributed by atoms with Crippen LogP contribution in [0.25, 0.3) is 0 Å². The third-order valence-corrected chi connectivity index (χ3v) is 5.05. The molecule has 0 fully saturated rings. The third kappa shape index (κ3) is 4.99. The van der Waals surface area contributed by atoms with Gasteiger partial charge in [0.15, 0.2) is 4.34 Å². The number of anilines is 2. The topological polar surface area (TPSA) is 58.1 Å². The maximum Gasteiger partial charge on any atom is 0.237 e. The molecule has 1 aromatic carbocycles. The Balaban J connectivity index is 1.81. The fourth-order valence-electron chi connectivity index (χ4n) is 1.73. The van der Waals surface area contributed by atoms with Gasteiger partial charge in [-0.3, -0.25) is 4.79 Å². The average Bonchev–Trinajstić information content (AvgIpc) is 3.01. The molecule has 0 unspecified atom stereocenters. The molecule has 22 heavy (non-hydrogen) atoms. The van der Waals surface area contributed by atoms with Crippen LogP contribution in [0, 0.1) is 0 Å². The monoisotopic (exact) mass is 336 g/mol. The van der Waals surface area contributed by atoms with Crippen LogP contribution < -0.4 is 10.2 Å². The summed E-state index contributed by atoms with van der Waals surface area (Å²) in [4.78, 5) is 13.8. The van der Waals surface area contributed by atoms with Crippen molar-refractivity contribution in [3.8, 4) is 0 Å². The Kier molecular flexibility index (Phi) is 6.67. The van der Waals surface area contributed by atoms with Crippen LogP contribution in [0.1, 0.15) is 19.8 Å². The highest BCUT2D eigenvalue weighted by atomic mass is 32.2. The second-order valence-corrected chi connectivity index (χ2v) is 6.93. The van der Waals surface area contributed by atoms with E-state index in [0.717, 1.165) is 34.5 Å². The molecule has 5 nitrogen and oxygen atoms in total. The highest BCUT2D eigenvalue weighted by molar-refractivity contribution is 8.01. The molecule has 0 bridgehead atoms. The number of benzene rings is 1. The van der Waals surface area contributed by atoms with Gasteiger partial charge >= 0.3 is 0 Å². The number of carbonyl (C=O) groups is 1. The van der Waals surface area contributed by atoms with Gasteiger partial charge in [0.05, 0.1) is 5.75 Å². The SMILES string of the molecule is CCCCNc1nnc(SCC(=O)N(C)c2ccccc2)s1. The van der Waals surface area contributed by atoms with Gasteiger partial charge in [-0.2, -0.15) is 0 Å². The van der Waals surface area contributed by atoms with Gasteiger partial charge in [-0.05, 0) is 18.6 Å². The maximum absolute atomic E-state index is 12.2. The Morgan fingerprint density at radius 1 is 1.32 bits per heavy atom. The van der Waals surface area contributed by atoms with Crippen LogP contribution in [0.4, 0.5) is 10.8 Å². The third-order valence-electron chi connectivity index (χ3n) is 3.05. The lowest BCUT2D eigenvalue weighted by atomic mass is 10.3. The van der Waals surface area contributed by atoms with Crippen molar-refractivity contribution < 1.29 is 4.79 Å². The maximum atomic E-state index is 12.2. The molecule has 1 aromatic heterocycles. The predicted molar refractivity (Wildman–Crippen MR) is 93.9 cm³/mol. The Morgan fingerprint density at radius 2 is 2.09 bits per heavy atom. The molecule has 1 heterocycles. The summed E-state index contributed by atoms with van der Waals surface area (Å²) in [5.74, 6) is 0.404. The number of nitrogens with one attached hydrogen (secondary N) is 1. The number of thioether (sulfide) groups is 1. The van der Waals surface area contributed by atoms with E-state index in [-0.39, 0.29) is 5.91 Å². The van der Waals surface area contributed by atoms with Crippen LogP contribution in [0.5, 0.6) is 0 Å². The smallest absolute Gasteiger partial charge is 0.237 e. The van der Waals surface area contributed by atoms with E-state index in [1.165, 1.54) is 23.1 Å². The number of unbranched alkanes of at least 4 members (excludes halogenated alkanes) is 1. The molecule has 0 aliphatic heterocycles. The van der Waals surface area contributed by atoms with Crippen molar-refractivity contribution in [3.05, 3.63) is 30.3 Å². The highest BCUT2D eigenvalue weighted by Crippen LogP contribution is 2.26. The van der Waals surface area contributed by atoms with Gasteiger partial charge in [0.2, 0.25) is 11.0 Å². The van der Waals surface area contributed by atoms with E-state index in [1.807, 2.05) is 30.3 Å². The van der Waals surface area contributed by atoms with E-state index in [0.29, 0.717) is 5.75 Å². The summed E-state index contributed by atoms with van der Waals surface area (Å²) < 4.78 is 0.814. The zero-order valence-corrected chi connectivity index (χ0v) is 14.4. The molecular weight excluding hydrogens is 316 g/mol. The van der Waals surface area contributed by atoms with Gasteiger partial charge in [0.1, 0.15) is 0 Å². The Labute approximate surface area is 139 Å². The molecule has 0 aliphatic carbocycles. The second kappa shape index (κ2) is 8.75. The van der Waals surface area contributed by atoms with E-state index in [1.54, 1.807) is 11.9 Å². The summed E-state index contributed by atoms with van der Waals surface area (Å²) in [7, 11) is 1.79. The van der Waals surface area contributed by atoms with Crippen molar-refractivity contribution in [3.63, 3.8) is 0 Å². The molecular formula is C15H20N4OS2. The molecule has 1 N–H and O–H groups in total. The van der Waals surface area contributed by atoms with Gasteiger partial charge in [0.25, 0.3) is 0 Å². The standard InChI is InChI=1S/C15H20N4OS2/c1-3-4-10-16-14-17-18-15(22-14)21-11-13(20)19(2)12-8-6-5-7-9-12/h5-9H,3-4,10-11H2,1-2H3,(H,16,17). The number of amides is 1.